The van der Waals surface area contributed by atoms with Crippen LogP contribution in [0.5, 0.6) is 5.75 Å². The van der Waals surface area contributed by atoms with Crippen LogP contribution in [0.2, 0.25) is 0 Å². The molecule has 0 spiro atoms. The van der Waals surface area contributed by atoms with E-state index < -0.39 is 0 Å². The van der Waals surface area contributed by atoms with Crippen LogP contribution in [0.25, 0.3) is 0 Å². The highest BCUT2D eigenvalue weighted by atomic mass is 32.1. The zero-order valence-electron chi connectivity index (χ0n) is 11.0. The molecule has 2 heterocycles. The third-order valence-corrected chi connectivity index (χ3v) is 3.86. The molecule has 0 radical (unpaired) electrons. The SMILES string of the molecule is CCCNC(c1sccc1OC)c1ccnn1C. The minimum atomic E-state index is 0.146. The fraction of sp³-hybridized carbons (Fsp3) is 0.462. The van der Waals surface area contributed by atoms with E-state index in [4.69, 9.17) is 4.74 Å². The number of nitrogens with zero attached hydrogens (tertiary/aromatic N) is 2. The lowest BCUT2D eigenvalue weighted by Crippen LogP contribution is -2.24. The van der Waals surface area contributed by atoms with Crippen LogP contribution in [0.4, 0.5) is 0 Å². The van der Waals surface area contributed by atoms with Crippen LogP contribution in [0.15, 0.2) is 23.7 Å². The Hall–Kier alpha value is -1.33. The van der Waals surface area contributed by atoms with Crippen molar-refractivity contribution >= 4 is 11.3 Å². The molecule has 0 aliphatic carbocycles. The Balaban J connectivity index is 2.34. The quantitative estimate of drug-likeness (QED) is 0.872. The number of ether oxygens (including phenoxy) is 1. The Bertz CT molecular complexity index is 492. The molecule has 0 fully saturated rings. The maximum absolute atomic E-state index is 5.42. The Morgan fingerprint density at radius 1 is 1.50 bits per heavy atom. The van der Waals surface area contributed by atoms with Gasteiger partial charge in [0.25, 0.3) is 0 Å². The summed E-state index contributed by atoms with van der Waals surface area (Å²) in [6, 6.07) is 4.20. The van der Waals surface area contributed by atoms with Gasteiger partial charge in [0.15, 0.2) is 0 Å². The molecule has 0 saturated carbocycles. The van der Waals surface area contributed by atoms with E-state index in [1.807, 2.05) is 30.1 Å². The molecule has 0 aliphatic rings. The summed E-state index contributed by atoms with van der Waals surface area (Å²) in [6.45, 7) is 3.13. The second-order valence-electron chi connectivity index (χ2n) is 4.12. The monoisotopic (exact) mass is 265 g/mol. The van der Waals surface area contributed by atoms with E-state index in [2.05, 4.69) is 22.7 Å². The molecule has 0 saturated heterocycles. The van der Waals surface area contributed by atoms with Gasteiger partial charge in [0.2, 0.25) is 0 Å². The number of rotatable bonds is 6. The van der Waals surface area contributed by atoms with Gasteiger partial charge >= 0.3 is 0 Å². The minimum absolute atomic E-state index is 0.146. The summed E-state index contributed by atoms with van der Waals surface area (Å²) in [4.78, 5) is 1.20. The van der Waals surface area contributed by atoms with Gasteiger partial charge in [-0.05, 0) is 30.5 Å². The van der Waals surface area contributed by atoms with Gasteiger partial charge in [-0.1, -0.05) is 6.92 Å². The van der Waals surface area contributed by atoms with E-state index in [-0.39, 0.29) is 6.04 Å². The first-order valence-electron chi connectivity index (χ1n) is 6.10. The van der Waals surface area contributed by atoms with Gasteiger partial charge in [-0.2, -0.15) is 5.10 Å². The molecule has 0 amide bonds. The summed E-state index contributed by atoms with van der Waals surface area (Å²) in [7, 11) is 3.68. The fourth-order valence-electron chi connectivity index (χ4n) is 1.98. The van der Waals surface area contributed by atoms with Crippen molar-refractivity contribution in [2.75, 3.05) is 13.7 Å². The molecule has 0 aliphatic heterocycles. The molecule has 4 nitrogen and oxygen atoms in total. The molecular formula is C13H19N3OS. The summed E-state index contributed by atoms with van der Waals surface area (Å²) >= 11 is 1.71. The molecule has 1 unspecified atom stereocenters. The second kappa shape index (κ2) is 6.02. The van der Waals surface area contributed by atoms with E-state index in [0.717, 1.165) is 24.4 Å². The maximum atomic E-state index is 5.42. The molecule has 98 valence electrons. The van der Waals surface area contributed by atoms with E-state index >= 15 is 0 Å². The Morgan fingerprint density at radius 2 is 2.33 bits per heavy atom. The van der Waals surface area contributed by atoms with Crippen LogP contribution in [-0.2, 0) is 7.05 Å². The van der Waals surface area contributed by atoms with Crippen LogP contribution in [0.1, 0.15) is 30.0 Å². The van der Waals surface area contributed by atoms with Crippen molar-refractivity contribution in [2.45, 2.75) is 19.4 Å². The van der Waals surface area contributed by atoms with Gasteiger partial charge in [0.05, 0.1) is 23.7 Å². The lowest BCUT2D eigenvalue weighted by molar-refractivity contribution is 0.406. The second-order valence-corrected chi connectivity index (χ2v) is 5.07. The van der Waals surface area contributed by atoms with Gasteiger partial charge < -0.3 is 10.1 Å². The Kier molecular flexibility index (Phi) is 4.38. The maximum Gasteiger partial charge on any atom is 0.134 e. The van der Waals surface area contributed by atoms with Crippen molar-refractivity contribution in [3.05, 3.63) is 34.3 Å². The van der Waals surface area contributed by atoms with Gasteiger partial charge in [-0.15, -0.1) is 11.3 Å². The van der Waals surface area contributed by atoms with E-state index in [1.165, 1.54) is 4.88 Å². The third kappa shape index (κ3) is 2.57. The van der Waals surface area contributed by atoms with Crippen LogP contribution >= 0.6 is 11.3 Å². The molecule has 2 aromatic rings. The number of hydrogen-bond donors (Lipinski definition) is 1. The normalized spacial score (nSPS) is 12.6. The lowest BCUT2D eigenvalue weighted by atomic mass is 10.1. The first-order valence-corrected chi connectivity index (χ1v) is 6.98. The van der Waals surface area contributed by atoms with E-state index in [1.54, 1.807) is 18.4 Å². The van der Waals surface area contributed by atoms with Gasteiger partial charge in [0.1, 0.15) is 5.75 Å². The summed E-state index contributed by atoms with van der Waals surface area (Å²) < 4.78 is 7.33. The lowest BCUT2D eigenvalue weighted by Gasteiger charge is -2.18. The predicted molar refractivity (Wildman–Crippen MR) is 74.2 cm³/mol. The first kappa shape index (κ1) is 13.1. The molecule has 5 heteroatoms. The molecule has 2 rings (SSSR count). The predicted octanol–water partition coefficient (Wildman–Crippen LogP) is 2.58. The van der Waals surface area contributed by atoms with Crippen molar-refractivity contribution in [1.29, 1.82) is 0 Å². The summed E-state index contributed by atoms with van der Waals surface area (Å²) in [5, 5.41) is 9.87. The summed E-state index contributed by atoms with van der Waals surface area (Å²) in [6.07, 6.45) is 2.93. The summed E-state index contributed by atoms with van der Waals surface area (Å²) in [5.74, 6) is 0.940. The van der Waals surface area contributed by atoms with Crippen LogP contribution in [-0.4, -0.2) is 23.4 Å². The van der Waals surface area contributed by atoms with Crippen molar-refractivity contribution in [1.82, 2.24) is 15.1 Å². The van der Waals surface area contributed by atoms with Gasteiger partial charge in [0, 0.05) is 13.2 Å². The number of hydrogen-bond acceptors (Lipinski definition) is 4. The highest BCUT2D eigenvalue weighted by Crippen LogP contribution is 2.34. The van der Waals surface area contributed by atoms with Crippen LogP contribution in [0.3, 0.4) is 0 Å². The number of nitrogens with one attached hydrogen (secondary N) is 1. The van der Waals surface area contributed by atoms with Crippen molar-refractivity contribution in [2.24, 2.45) is 7.05 Å². The average molecular weight is 265 g/mol. The molecule has 0 aromatic carbocycles. The highest BCUT2D eigenvalue weighted by molar-refractivity contribution is 7.10. The number of aromatic nitrogens is 2. The Morgan fingerprint density at radius 3 is 2.94 bits per heavy atom. The molecule has 1 N–H and O–H groups in total. The summed E-state index contributed by atoms with van der Waals surface area (Å²) in [5.41, 5.74) is 1.16. The molecule has 2 aromatic heterocycles. The smallest absolute Gasteiger partial charge is 0.134 e. The largest absolute Gasteiger partial charge is 0.496 e. The number of methoxy groups -OCH3 is 1. The van der Waals surface area contributed by atoms with Crippen molar-refractivity contribution in [3.63, 3.8) is 0 Å². The zero-order chi connectivity index (χ0) is 13.0. The molecular weight excluding hydrogens is 246 g/mol. The van der Waals surface area contributed by atoms with Crippen LogP contribution < -0.4 is 10.1 Å². The number of aryl methyl sites for hydroxylation is 1. The topological polar surface area (TPSA) is 39.1 Å². The first-order chi connectivity index (χ1) is 8.77. The van der Waals surface area contributed by atoms with Crippen molar-refractivity contribution in [3.8, 4) is 5.75 Å². The van der Waals surface area contributed by atoms with E-state index in [0.29, 0.717) is 0 Å². The van der Waals surface area contributed by atoms with Gasteiger partial charge in [-0.3, -0.25) is 4.68 Å². The van der Waals surface area contributed by atoms with Crippen LogP contribution in [0, 0.1) is 0 Å². The average Bonchev–Trinajstić information content (AvgIpc) is 2.99. The van der Waals surface area contributed by atoms with Gasteiger partial charge in [-0.25, -0.2) is 0 Å². The standard InChI is InChI=1S/C13H19N3OS/c1-4-7-14-12(10-5-8-15-16(10)2)13-11(17-3)6-9-18-13/h5-6,8-9,12,14H,4,7H2,1-3H3. The molecule has 18 heavy (non-hydrogen) atoms. The van der Waals surface area contributed by atoms with Crippen molar-refractivity contribution < 1.29 is 4.74 Å². The fourth-order valence-corrected chi connectivity index (χ4v) is 2.92. The molecule has 0 bridgehead atoms. The number of thiophene rings is 1. The minimum Gasteiger partial charge on any atom is -0.496 e. The third-order valence-electron chi connectivity index (χ3n) is 2.89. The highest BCUT2D eigenvalue weighted by Gasteiger charge is 2.21. The Labute approximate surface area is 112 Å². The van der Waals surface area contributed by atoms with E-state index in [9.17, 15) is 0 Å². The zero-order valence-corrected chi connectivity index (χ0v) is 11.8. The molecule has 1 atom stereocenters.